The first-order valence-corrected chi connectivity index (χ1v) is 6.94. The van der Waals surface area contributed by atoms with E-state index < -0.39 is 0 Å². The van der Waals surface area contributed by atoms with Gasteiger partial charge in [0.25, 0.3) is 0 Å². The van der Waals surface area contributed by atoms with Crippen LogP contribution in [0.3, 0.4) is 0 Å². The third kappa shape index (κ3) is 1.72. The monoisotopic (exact) mass is 312 g/mol. The number of hydrogen-bond acceptors (Lipinski definition) is 2. The molecule has 5 heteroatoms. The van der Waals surface area contributed by atoms with Crippen molar-refractivity contribution in [1.29, 1.82) is 0 Å². The minimum absolute atomic E-state index is 0.0215. The van der Waals surface area contributed by atoms with Gasteiger partial charge in [-0.3, -0.25) is 4.79 Å². The van der Waals surface area contributed by atoms with Crippen LogP contribution in [0, 0.1) is 11.7 Å². The number of piperidine rings is 1. The van der Waals surface area contributed by atoms with Crippen LogP contribution in [0.4, 0.5) is 15.8 Å². The maximum Gasteiger partial charge on any atom is 0.247 e. The first-order valence-electron chi connectivity index (χ1n) is 6.14. The fourth-order valence-electron chi connectivity index (χ4n) is 2.94. The first-order chi connectivity index (χ1) is 8.58. The second-order valence-corrected chi connectivity index (χ2v) is 5.88. The highest BCUT2D eigenvalue weighted by Crippen LogP contribution is 2.40. The van der Waals surface area contributed by atoms with Gasteiger partial charge >= 0.3 is 0 Å². The summed E-state index contributed by atoms with van der Waals surface area (Å²) in [6, 6.07) is 2.98. The van der Waals surface area contributed by atoms with Gasteiger partial charge in [0.15, 0.2) is 0 Å². The molecule has 0 bridgehead atoms. The summed E-state index contributed by atoms with van der Waals surface area (Å²) in [5, 5.41) is 2.88. The molecular weight excluding hydrogens is 299 g/mol. The van der Waals surface area contributed by atoms with E-state index in [9.17, 15) is 9.18 Å². The summed E-state index contributed by atoms with van der Waals surface area (Å²) in [6.45, 7) is 2.90. The van der Waals surface area contributed by atoms with Crippen LogP contribution < -0.4 is 10.2 Å². The third-order valence-corrected chi connectivity index (χ3v) is 4.42. The first kappa shape index (κ1) is 12.0. The molecule has 1 aromatic carbocycles. The van der Waals surface area contributed by atoms with E-state index in [0.29, 0.717) is 16.1 Å². The maximum atomic E-state index is 13.7. The van der Waals surface area contributed by atoms with Gasteiger partial charge in [-0.1, -0.05) is 6.92 Å². The van der Waals surface area contributed by atoms with Gasteiger partial charge in [-0.05, 0) is 40.8 Å². The van der Waals surface area contributed by atoms with Crippen molar-refractivity contribution in [2.24, 2.45) is 5.92 Å². The quantitative estimate of drug-likeness (QED) is 0.798. The van der Waals surface area contributed by atoms with Crippen LogP contribution in [0.25, 0.3) is 0 Å². The fourth-order valence-corrected chi connectivity index (χ4v) is 3.28. The summed E-state index contributed by atoms with van der Waals surface area (Å²) in [5.74, 6) is 0.0358. The molecular formula is C13H14BrFN2O. The van der Waals surface area contributed by atoms with E-state index in [0.717, 1.165) is 25.1 Å². The Labute approximate surface area is 113 Å². The van der Waals surface area contributed by atoms with Crippen LogP contribution in [0.2, 0.25) is 0 Å². The Balaban J connectivity index is 2.10. The molecule has 0 saturated carbocycles. The molecule has 0 aromatic heterocycles. The van der Waals surface area contributed by atoms with Gasteiger partial charge < -0.3 is 10.2 Å². The number of fused-ring (bicyclic) bond motifs is 3. The molecule has 0 aliphatic carbocycles. The molecule has 1 aromatic rings. The topological polar surface area (TPSA) is 32.3 Å². The summed E-state index contributed by atoms with van der Waals surface area (Å²) in [7, 11) is 0. The van der Waals surface area contributed by atoms with Crippen molar-refractivity contribution >= 4 is 33.2 Å². The Bertz CT molecular complexity index is 520. The largest absolute Gasteiger partial charge is 0.358 e. The van der Waals surface area contributed by atoms with E-state index in [1.807, 2.05) is 4.90 Å². The van der Waals surface area contributed by atoms with Crippen LogP contribution in [0.1, 0.15) is 19.8 Å². The van der Waals surface area contributed by atoms with Crippen molar-refractivity contribution in [2.75, 3.05) is 16.8 Å². The van der Waals surface area contributed by atoms with E-state index in [4.69, 9.17) is 0 Å². The number of carbonyl (C=O) groups is 1. The lowest BCUT2D eigenvalue weighted by Gasteiger charge is -2.44. The maximum absolute atomic E-state index is 13.7. The van der Waals surface area contributed by atoms with Gasteiger partial charge in [0.05, 0.1) is 15.8 Å². The van der Waals surface area contributed by atoms with E-state index in [1.54, 1.807) is 6.07 Å². The van der Waals surface area contributed by atoms with E-state index in [2.05, 4.69) is 28.2 Å². The molecule has 2 aliphatic rings. The molecule has 1 N–H and O–H groups in total. The molecule has 3 rings (SSSR count). The smallest absolute Gasteiger partial charge is 0.247 e. The number of benzene rings is 1. The Morgan fingerprint density at radius 3 is 3.06 bits per heavy atom. The summed E-state index contributed by atoms with van der Waals surface area (Å²) >= 11 is 3.15. The summed E-state index contributed by atoms with van der Waals surface area (Å²) < 4.78 is 14.1. The second kappa shape index (κ2) is 4.23. The van der Waals surface area contributed by atoms with Gasteiger partial charge in [-0.25, -0.2) is 4.39 Å². The van der Waals surface area contributed by atoms with Crippen LogP contribution in [-0.4, -0.2) is 18.5 Å². The van der Waals surface area contributed by atoms with Crippen LogP contribution in [-0.2, 0) is 4.79 Å². The lowest BCUT2D eigenvalue weighted by atomic mass is 9.88. The zero-order valence-corrected chi connectivity index (χ0v) is 11.6. The normalized spacial score (nSPS) is 26.4. The number of halogens is 2. The van der Waals surface area contributed by atoms with Crippen molar-refractivity contribution in [3.63, 3.8) is 0 Å². The lowest BCUT2D eigenvalue weighted by molar-refractivity contribution is -0.119. The number of hydrogen-bond donors (Lipinski definition) is 1. The van der Waals surface area contributed by atoms with Crippen molar-refractivity contribution in [1.82, 2.24) is 0 Å². The molecule has 2 unspecified atom stereocenters. The SMILES string of the molecule is CC1CCCN2c3cc(F)c(Br)cc3NC(=O)C12. The molecule has 1 saturated heterocycles. The van der Waals surface area contributed by atoms with Crippen molar-refractivity contribution in [3.8, 4) is 0 Å². The van der Waals surface area contributed by atoms with Crippen molar-refractivity contribution < 1.29 is 9.18 Å². The van der Waals surface area contributed by atoms with Gasteiger partial charge in [0, 0.05) is 12.6 Å². The lowest BCUT2D eigenvalue weighted by Crippen LogP contribution is -2.54. The summed E-state index contributed by atoms with van der Waals surface area (Å²) in [4.78, 5) is 14.2. The zero-order chi connectivity index (χ0) is 12.9. The molecule has 18 heavy (non-hydrogen) atoms. The number of carbonyl (C=O) groups excluding carboxylic acids is 1. The number of anilines is 2. The molecule has 1 fully saturated rings. The molecule has 2 heterocycles. The highest BCUT2D eigenvalue weighted by Gasteiger charge is 2.39. The number of rotatable bonds is 0. The van der Waals surface area contributed by atoms with Gasteiger partial charge in [-0.15, -0.1) is 0 Å². The predicted octanol–water partition coefficient (Wildman–Crippen LogP) is 3.15. The Kier molecular flexibility index (Phi) is 2.81. The molecule has 96 valence electrons. The minimum atomic E-state index is -0.290. The molecule has 3 nitrogen and oxygen atoms in total. The minimum Gasteiger partial charge on any atom is -0.358 e. The Hall–Kier alpha value is -1.10. The van der Waals surface area contributed by atoms with Crippen LogP contribution in [0.5, 0.6) is 0 Å². The number of amides is 1. The molecule has 0 spiro atoms. The number of nitrogens with zero attached hydrogens (tertiary/aromatic N) is 1. The van der Waals surface area contributed by atoms with Gasteiger partial charge in [-0.2, -0.15) is 0 Å². The average molecular weight is 313 g/mol. The summed E-state index contributed by atoms with van der Waals surface area (Å²) in [5.41, 5.74) is 1.49. The average Bonchev–Trinajstić information content (AvgIpc) is 2.32. The van der Waals surface area contributed by atoms with E-state index >= 15 is 0 Å². The molecule has 1 amide bonds. The number of nitrogens with one attached hydrogen (secondary N) is 1. The Morgan fingerprint density at radius 2 is 2.28 bits per heavy atom. The predicted molar refractivity (Wildman–Crippen MR) is 72.3 cm³/mol. The van der Waals surface area contributed by atoms with E-state index in [1.165, 1.54) is 6.07 Å². The van der Waals surface area contributed by atoms with Crippen molar-refractivity contribution in [2.45, 2.75) is 25.8 Å². The van der Waals surface area contributed by atoms with Gasteiger partial charge in [0.1, 0.15) is 11.9 Å². The van der Waals surface area contributed by atoms with Crippen LogP contribution in [0.15, 0.2) is 16.6 Å². The summed E-state index contributed by atoms with van der Waals surface area (Å²) in [6.07, 6.45) is 2.09. The van der Waals surface area contributed by atoms with Crippen LogP contribution >= 0.6 is 15.9 Å². The highest BCUT2D eigenvalue weighted by molar-refractivity contribution is 9.10. The molecule has 2 aliphatic heterocycles. The zero-order valence-electron chi connectivity index (χ0n) is 10.0. The molecule has 0 radical (unpaired) electrons. The molecule has 2 atom stereocenters. The second-order valence-electron chi connectivity index (χ2n) is 5.03. The van der Waals surface area contributed by atoms with E-state index in [-0.39, 0.29) is 17.8 Å². The third-order valence-electron chi connectivity index (χ3n) is 3.81. The van der Waals surface area contributed by atoms with Crippen molar-refractivity contribution in [3.05, 3.63) is 22.4 Å². The fraction of sp³-hybridized carbons (Fsp3) is 0.462. The standard InChI is InChI=1S/C13H14BrFN2O/c1-7-3-2-4-17-11-6-9(15)8(14)5-10(11)16-13(18)12(7)17/h5-7,12H,2-4H2,1H3,(H,16,18). The van der Waals surface area contributed by atoms with Gasteiger partial charge in [0.2, 0.25) is 5.91 Å². The Morgan fingerprint density at radius 1 is 1.50 bits per heavy atom. The highest BCUT2D eigenvalue weighted by atomic mass is 79.9.